The van der Waals surface area contributed by atoms with Gasteiger partial charge in [-0.25, -0.2) is 0 Å². The summed E-state index contributed by atoms with van der Waals surface area (Å²) >= 11 is 0. The normalized spacial score (nSPS) is 26.2. The second-order valence-electron chi connectivity index (χ2n) is 12.7. The first-order valence-corrected chi connectivity index (χ1v) is 16.4. The third-order valence-corrected chi connectivity index (χ3v) is 18.7. The molecule has 5 nitrogen and oxygen atoms in total. The van der Waals surface area contributed by atoms with Crippen LogP contribution < -0.4 is 0 Å². The summed E-state index contributed by atoms with van der Waals surface area (Å²) in [4.78, 5) is 12.6. The van der Waals surface area contributed by atoms with E-state index in [1.165, 1.54) is 6.08 Å². The van der Waals surface area contributed by atoms with Crippen LogP contribution in [0.3, 0.4) is 0 Å². The SMILES string of the molecule is C=CC(=O)C1=C[C@@H](O[Si](C(C)C)(C(C)C)C(C)C)[C@@H]2O[Si](C(C)(C)C)(C(C)(C)C)OC[C@H]2O1. The van der Waals surface area contributed by atoms with E-state index in [1.807, 2.05) is 6.08 Å². The molecule has 3 atom stereocenters. The van der Waals surface area contributed by atoms with Gasteiger partial charge in [0, 0.05) is 10.1 Å². The minimum Gasteiger partial charge on any atom is -0.481 e. The fourth-order valence-corrected chi connectivity index (χ4v) is 16.8. The molecule has 2 aliphatic rings. The molecule has 7 heteroatoms. The Hall–Kier alpha value is -0.736. The van der Waals surface area contributed by atoms with Crippen molar-refractivity contribution in [3.05, 3.63) is 24.5 Å². The number of carbonyl (C=O) groups is 1. The number of allylic oxidation sites excluding steroid dienone is 1. The minimum absolute atomic E-state index is 0.148. The molecule has 2 aliphatic heterocycles. The lowest BCUT2D eigenvalue weighted by Gasteiger charge is -2.57. The zero-order valence-corrected chi connectivity index (χ0v) is 25.1. The van der Waals surface area contributed by atoms with Crippen LogP contribution in [0.25, 0.3) is 0 Å². The molecule has 0 bridgehead atoms. The molecule has 1 saturated heterocycles. The molecule has 2 rings (SSSR count). The maximum Gasteiger partial charge on any atom is 0.349 e. The fraction of sp³-hybridized carbons (Fsp3) is 0.808. The van der Waals surface area contributed by atoms with Crippen LogP contribution in [-0.4, -0.2) is 47.6 Å². The van der Waals surface area contributed by atoms with E-state index in [-0.39, 0.29) is 34.2 Å². The van der Waals surface area contributed by atoms with Crippen LogP contribution in [0.15, 0.2) is 24.5 Å². The Morgan fingerprint density at radius 1 is 1.06 bits per heavy atom. The number of rotatable bonds is 7. The number of carbonyl (C=O) groups excluding carboxylic acids is 1. The number of ketones is 1. The molecular formula is C26H48O5Si2. The van der Waals surface area contributed by atoms with E-state index in [2.05, 4.69) is 89.7 Å². The molecule has 190 valence electrons. The molecule has 0 aromatic carbocycles. The lowest BCUT2D eigenvalue weighted by molar-refractivity contribution is -0.138. The highest BCUT2D eigenvalue weighted by molar-refractivity contribution is 6.77. The molecule has 0 aromatic rings. The first-order valence-electron chi connectivity index (χ1n) is 12.5. The van der Waals surface area contributed by atoms with Gasteiger partial charge < -0.3 is 18.0 Å². The summed E-state index contributed by atoms with van der Waals surface area (Å²) in [5.41, 5.74) is 1.24. The van der Waals surface area contributed by atoms with Crippen LogP contribution in [0.1, 0.15) is 83.1 Å². The number of hydrogen-bond donors (Lipinski definition) is 0. The Bertz CT molecular complexity index is 722. The standard InChI is InChI=1S/C26H48O5Si2/c1-14-20(27)21-15-22(30-32(17(2)3,18(4)5)19(6)7)24-23(29-21)16-28-33(31-24,25(8,9)10)26(11,12)13/h14-15,17-19,22-24H,1,16H2,2-13H3/t22-,23-,24+/m1/s1. The van der Waals surface area contributed by atoms with Crippen molar-refractivity contribution in [1.29, 1.82) is 0 Å². The molecule has 1 fully saturated rings. The molecule has 33 heavy (non-hydrogen) atoms. The van der Waals surface area contributed by atoms with Gasteiger partial charge in [-0.1, -0.05) is 89.7 Å². The minimum atomic E-state index is -2.73. The smallest absolute Gasteiger partial charge is 0.349 e. The summed E-state index contributed by atoms with van der Waals surface area (Å²) in [7, 11) is -4.98. The van der Waals surface area contributed by atoms with Gasteiger partial charge in [-0.15, -0.1) is 0 Å². The van der Waals surface area contributed by atoms with Gasteiger partial charge in [0.25, 0.3) is 0 Å². The highest BCUT2D eigenvalue weighted by atomic mass is 28.4. The molecule has 0 radical (unpaired) electrons. The van der Waals surface area contributed by atoms with Gasteiger partial charge in [0.1, 0.15) is 12.2 Å². The van der Waals surface area contributed by atoms with Gasteiger partial charge in [-0.2, -0.15) is 0 Å². The van der Waals surface area contributed by atoms with Crippen molar-refractivity contribution in [2.24, 2.45) is 0 Å². The summed E-state index contributed by atoms with van der Waals surface area (Å²) < 4.78 is 27.1. The largest absolute Gasteiger partial charge is 0.481 e. The van der Waals surface area contributed by atoms with Gasteiger partial charge in [0.2, 0.25) is 14.1 Å². The van der Waals surface area contributed by atoms with Crippen LogP contribution in [0, 0.1) is 0 Å². The lowest BCUT2D eigenvalue weighted by Crippen LogP contribution is -2.68. The maximum absolute atomic E-state index is 12.6. The quantitative estimate of drug-likeness (QED) is 0.279. The monoisotopic (exact) mass is 496 g/mol. The third-order valence-electron chi connectivity index (χ3n) is 7.49. The van der Waals surface area contributed by atoms with Gasteiger partial charge in [-0.05, 0) is 28.8 Å². The van der Waals surface area contributed by atoms with Crippen LogP contribution in [0.5, 0.6) is 0 Å². The van der Waals surface area contributed by atoms with Gasteiger partial charge in [0.05, 0.1) is 12.7 Å². The van der Waals surface area contributed by atoms with Gasteiger partial charge >= 0.3 is 8.56 Å². The highest BCUT2D eigenvalue weighted by Crippen LogP contribution is 2.55. The van der Waals surface area contributed by atoms with Crippen molar-refractivity contribution in [3.63, 3.8) is 0 Å². The zero-order valence-electron chi connectivity index (χ0n) is 23.1. The predicted molar refractivity (Wildman–Crippen MR) is 140 cm³/mol. The first-order chi connectivity index (χ1) is 14.9. The average molecular weight is 497 g/mol. The van der Waals surface area contributed by atoms with Crippen LogP contribution in [0.4, 0.5) is 0 Å². The Kier molecular flexibility index (Phi) is 8.40. The van der Waals surface area contributed by atoms with E-state index < -0.39 is 16.9 Å². The maximum atomic E-state index is 12.6. The molecule has 2 heterocycles. The lowest BCUT2D eigenvalue weighted by atomic mass is 10.0. The second-order valence-corrected chi connectivity index (χ2v) is 22.8. The van der Waals surface area contributed by atoms with E-state index in [0.717, 1.165) is 0 Å². The molecule has 0 aromatic heterocycles. The predicted octanol–water partition coefficient (Wildman–Crippen LogP) is 7.04. The van der Waals surface area contributed by atoms with Crippen molar-refractivity contribution in [3.8, 4) is 0 Å². The first kappa shape index (κ1) is 28.5. The Labute approximate surface area is 204 Å². The summed E-state index contributed by atoms with van der Waals surface area (Å²) in [6, 6.07) is 0. The molecular weight excluding hydrogens is 448 g/mol. The van der Waals surface area contributed by atoms with Crippen LogP contribution in [0.2, 0.25) is 26.7 Å². The van der Waals surface area contributed by atoms with E-state index in [1.54, 1.807) is 0 Å². The molecule has 0 aliphatic carbocycles. The number of fused-ring (bicyclic) bond motifs is 1. The van der Waals surface area contributed by atoms with E-state index in [9.17, 15) is 4.79 Å². The van der Waals surface area contributed by atoms with Crippen LogP contribution in [-0.2, 0) is 22.8 Å². The molecule has 0 spiro atoms. The number of hydrogen-bond acceptors (Lipinski definition) is 5. The van der Waals surface area contributed by atoms with E-state index in [0.29, 0.717) is 29.0 Å². The molecule has 0 unspecified atom stereocenters. The molecule has 0 amide bonds. The summed E-state index contributed by atoms with van der Waals surface area (Å²) in [5, 5.41) is -0.297. The van der Waals surface area contributed by atoms with E-state index in [4.69, 9.17) is 18.0 Å². The van der Waals surface area contributed by atoms with Crippen molar-refractivity contribution < 1.29 is 22.8 Å². The Morgan fingerprint density at radius 2 is 1.55 bits per heavy atom. The van der Waals surface area contributed by atoms with Gasteiger partial charge in [0.15, 0.2) is 5.76 Å². The summed E-state index contributed by atoms with van der Waals surface area (Å²) in [6.07, 6.45) is 2.10. The molecule has 0 saturated carbocycles. The third kappa shape index (κ3) is 4.99. The van der Waals surface area contributed by atoms with E-state index >= 15 is 0 Å². The topological polar surface area (TPSA) is 54.0 Å². The van der Waals surface area contributed by atoms with Crippen LogP contribution >= 0.6 is 0 Å². The van der Waals surface area contributed by atoms with Crippen molar-refractivity contribution in [1.82, 2.24) is 0 Å². The molecule has 0 N–H and O–H groups in total. The second kappa shape index (κ2) is 9.72. The fourth-order valence-electron chi connectivity index (χ4n) is 6.32. The van der Waals surface area contributed by atoms with Crippen molar-refractivity contribution >= 4 is 22.7 Å². The zero-order chi connectivity index (χ0) is 25.6. The summed E-state index contributed by atoms with van der Waals surface area (Å²) in [6.45, 7) is 31.0. The van der Waals surface area contributed by atoms with Crippen molar-refractivity contribution in [2.75, 3.05) is 6.61 Å². The highest BCUT2D eigenvalue weighted by Gasteiger charge is 2.64. The Morgan fingerprint density at radius 3 is 1.94 bits per heavy atom. The van der Waals surface area contributed by atoms with Gasteiger partial charge in [-0.3, -0.25) is 4.79 Å². The van der Waals surface area contributed by atoms with Crippen molar-refractivity contribution in [2.45, 2.75) is 128 Å². The summed E-state index contributed by atoms with van der Waals surface area (Å²) in [5.74, 6) is 0.0667. The average Bonchev–Trinajstić information content (AvgIpc) is 2.67. The Balaban J connectivity index is 2.63. The number of ether oxygens (including phenoxy) is 1.